The molecule has 2 unspecified atom stereocenters. The molecular formula is C13H18N2O3. The molecule has 1 aromatic rings. The van der Waals surface area contributed by atoms with Crippen molar-refractivity contribution >= 4 is 5.97 Å². The molecule has 0 spiro atoms. The van der Waals surface area contributed by atoms with Crippen molar-refractivity contribution in [3.8, 4) is 5.88 Å². The molecule has 0 radical (unpaired) electrons. The molecule has 1 heterocycles. The Labute approximate surface area is 106 Å². The van der Waals surface area contributed by atoms with Gasteiger partial charge in [-0.15, -0.1) is 0 Å². The lowest BCUT2D eigenvalue weighted by Gasteiger charge is -2.27. The minimum Gasteiger partial charge on any atom is -0.474 e. The van der Waals surface area contributed by atoms with Crippen LogP contribution in [0.2, 0.25) is 0 Å². The standard InChI is InChI=1S/C13H18N2O3/c1-17-13(16)11-6-3-7-15-12(11)18-10-5-2-4-9(14)8-10/h3,6-7,9-10H,2,4-5,8,14H2,1H3. The highest BCUT2D eigenvalue weighted by atomic mass is 16.5. The number of aromatic nitrogens is 1. The summed E-state index contributed by atoms with van der Waals surface area (Å²) in [5, 5.41) is 0. The van der Waals surface area contributed by atoms with Crippen LogP contribution in [0.15, 0.2) is 18.3 Å². The maximum Gasteiger partial charge on any atom is 0.343 e. The van der Waals surface area contributed by atoms with Crippen LogP contribution in [0.5, 0.6) is 5.88 Å². The molecule has 0 saturated heterocycles. The molecule has 98 valence electrons. The van der Waals surface area contributed by atoms with Gasteiger partial charge in [-0.05, 0) is 37.8 Å². The molecule has 5 nitrogen and oxygen atoms in total. The minimum atomic E-state index is -0.432. The predicted molar refractivity (Wildman–Crippen MR) is 66.4 cm³/mol. The average molecular weight is 250 g/mol. The second-order valence-corrected chi connectivity index (χ2v) is 4.51. The summed E-state index contributed by atoms with van der Waals surface area (Å²) in [4.78, 5) is 15.7. The van der Waals surface area contributed by atoms with E-state index in [0.717, 1.165) is 25.7 Å². The van der Waals surface area contributed by atoms with Gasteiger partial charge in [-0.1, -0.05) is 0 Å². The third-order valence-electron chi connectivity index (χ3n) is 3.12. The Morgan fingerprint density at radius 1 is 1.50 bits per heavy atom. The first-order chi connectivity index (χ1) is 8.70. The number of carbonyl (C=O) groups is 1. The van der Waals surface area contributed by atoms with Gasteiger partial charge in [0.05, 0.1) is 7.11 Å². The van der Waals surface area contributed by atoms with E-state index in [0.29, 0.717) is 11.4 Å². The van der Waals surface area contributed by atoms with Crippen molar-refractivity contribution in [1.29, 1.82) is 0 Å². The van der Waals surface area contributed by atoms with Gasteiger partial charge < -0.3 is 15.2 Å². The van der Waals surface area contributed by atoms with E-state index in [4.69, 9.17) is 15.2 Å². The topological polar surface area (TPSA) is 74.4 Å². The summed E-state index contributed by atoms with van der Waals surface area (Å²) in [6, 6.07) is 3.51. The van der Waals surface area contributed by atoms with Crippen molar-refractivity contribution in [2.24, 2.45) is 5.73 Å². The zero-order valence-corrected chi connectivity index (χ0v) is 10.5. The summed E-state index contributed by atoms with van der Waals surface area (Å²) < 4.78 is 10.5. The number of carbonyl (C=O) groups excluding carboxylic acids is 1. The largest absolute Gasteiger partial charge is 0.474 e. The summed E-state index contributed by atoms with van der Waals surface area (Å²) in [6.07, 6.45) is 5.47. The van der Waals surface area contributed by atoms with Crippen LogP contribution in [0, 0.1) is 0 Å². The Morgan fingerprint density at radius 2 is 2.33 bits per heavy atom. The molecule has 0 amide bonds. The van der Waals surface area contributed by atoms with Crippen molar-refractivity contribution < 1.29 is 14.3 Å². The zero-order chi connectivity index (χ0) is 13.0. The summed E-state index contributed by atoms with van der Waals surface area (Å²) in [6.45, 7) is 0. The molecule has 0 aliphatic heterocycles. The fraction of sp³-hybridized carbons (Fsp3) is 0.538. The maximum atomic E-state index is 11.6. The SMILES string of the molecule is COC(=O)c1cccnc1OC1CCCC(N)C1. The second kappa shape index (κ2) is 5.82. The molecule has 0 bridgehead atoms. The molecule has 2 atom stereocenters. The van der Waals surface area contributed by atoms with Gasteiger partial charge in [-0.25, -0.2) is 9.78 Å². The monoisotopic (exact) mass is 250 g/mol. The minimum absolute atomic E-state index is 0.0343. The Bertz CT molecular complexity index is 422. The average Bonchev–Trinajstić information content (AvgIpc) is 2.38. The lowest BCUT2D eigenvalue weighted by molar-refractivity contribution is 0.0587. The molecule has 18 heavy (non-hydrogen) atoms. The summed E-state index contributed by atoms with van der Waals surface area (Å²) in [5.74, 6) is -0.0957. The van der Waals surface area contributed by atoms with Gasteiger partial charge in [0.15, 0.2) is 0 Å². The number of nitrogens with zero attached hydrogens (tertiary/aromatic N) is 1. The molecule has 1 aliphatic carbocycles. The quantitative estimate of drug-likeness (QED) is 0.823. The smallest absolute Gasteiger partial charge is 0.343 e. The number of hydrogen-bond acceptors (Lipinski definition) is 5. The van der Waals surface area contributed by atoms with Gasteiger partial charge in [-0.2, -0.15) is 0 Å². The number of pyridine rings is 1. The molecule has 1 aliphatic rings. The first-order valence-electron chi connectivity index (χ1n) is 6.16. The highest BCUT2D eigenvalue weighted by Crippen LogP contribution is 2.24. The van der Waals surface area contributed by atoms with Gasteiger partial charge in [-0.3, -0.25) is 0 Å². The first kappa shape index (κ1) is 12.8. The van der Waals surface area contributed by atoms with Crippen molar-refractivity contribution in [1.82, 2.24) is 4.98 Å². The van der Waals surface area contributed by atoms with Crippen LogP contribution >= 0.6 is 0 Å². The third-order valence-corrected chi connectivity index (χ3v) is 3.12. The number of rotatable bonds is 3. The van der Waals surface area contributed by atoms with Gasteiger partial charge in [0.25, 0.3) is 0 Å². The van der Waals surface area contributed by atoms with E-state index in [1.165, 1.54) is 7.11 Å². The van der Waals surface area contributed by atoms with Gasteiger partial charge in [0.2, 0.25) is 5.88 Å². The number of esters is 1. The predicted octanol–water partition coefficient (Wildman–Crippen LogP) is 1.52. The van der Waals surface area contributed by atoms with Crippen molar-refractivity contribution in [2.75, 3.05) is 7.11 Å². The van der Waals surface area contributed by atoms with Gasteiger partial charge >= 0.3 is 5.97 Å². The van der Waals surface area contributed by atoms with Crippen molar-refractivity contribution in [3.05, 3.63) is 23.9 Å². The number of methoxy groups -OCH3 is 1. The van der Waals surface area contributed by atoms with E-state index in [2.05, 4.69) is 4.98 Å². The van der Waals surface area contributed by atoms with Crippen LogP contribution in [0.25, 0.3) is 0 Å². The van der Waals surface area contributed by atoms with Crippen LogP contribution in [0.4, 0.5) is 0 Å². The van der Waals surface area contributed by atoms with Crippen LogP contribution in [0.3, 0.4) is 0 Å². The lowest BCUT2D eigenvalue weighted by atomic mass is 9.93. The van der Waals surface area contributed by atoms with E-state index in [9.17, 15) is 4.79 Å². The van der Waals surface area contributed by atoms with Gasteiger partial charge in [0, 0.05) is 12.2 Å². The number of ether oxygens (including phenoxy) is 2. The second-order valence-electron chi connectivity index (χ2n) is 4.51. The Hall–Kier alpha value is -1.62. The molecule has 0 aromatic carbocycles. The van der Waals surface area contributed by atoms with Crippen molar-refractivity contribution in [3.63, 3.8) is 0 Å². The molecule has 1 aromatic heterocycles. The summed E-state index contributed by atoms with van der Waals surface area (Å²) in [5.41, 5.74) is 6.27. The summed E-state index contributed by atoms with van der Waals surface area (Å²) >= 11 is 0. The van der Waals surface area contributed by atoms with E-state index >= 15 is 0 Å². The fourth-order valence-electron chi connectivity index (χ4n) is 2.20. The van der Waals surface area contributed by atoms with Gasteiger partial charge in [0.1, 0.15) is 11.7 Å². The van der Waals surface area contributed by atoms with Crippen LogP contribution < -0.4 is 10.5 Å². The number of hydrogen-bond donors (Lipinski definition) is 1. The fourth-order valence-corrected chi connectivity index (χ4v) is 2.20. The highest BCUT2D eigenvalue weighted by molar-refractivity contribution is 5.91. The van der Waals surface area contributed by atoms with E-state index in [1.807, 2.05) is 0 Å². The maximum absolute atomic E-state index is 11.6. The third kappa shape index (κ3) is 2.98. The number of nitrogens with two attached hydrogens (primary N) is 1. The zero-order valence-electron chi connectivity index (χ0n) is 10.5. The Kier molecular flexibility index (Phi) is 4.15. The highest BCUT2D eigenvalue weighted by Gasteiger charge is 2.23. The molecule has 1 fully saturated rings. The lowest BCUT2D eigenvalue weighted by Crippen LogP contribution is -2.34. The van der Waals surface area contributed by atoms with E-state index in [1.54, 1.807) is 18.3 Å². The van der Waals surface area contributed by atoms with E-state index in [-0.39, 0.29) is 12.1 Å². The van der Waals surface area contributed by atoms with Crippen LogP contribution in [-0.2, 0) is 4.74 Å². The molecule has 1 saturated carbocycles. The van der Waals surface area contributed by atoms with Crippen LogP contribution in [-0.4, -0.2) is 30.2 Å². The first-order valence-corrected chi connectivity index (χ1v) is 6.16. The Morgan fingerprint density at radius 3 is 3.06 bits per heavy atom. The molecular weight excluding hydrogens is 232 g/mol. The van der Waals surface area contributed by atoms with Crippen LogP contribution in [0.1, 0.15) is 36.0 Å². The van der Waals surface area contributed by atoms with Crippen molar-refractivity contribution in [2.45, 2.75) is 37.8 Å². The molecule has 2 rings (SSSR count). The summed E-state index contributed by atoms with van der Waals surface area (Å²) in [7, 11) is 1.34. The normalized spacial score (nSPS) is 23.4. The Balaban J connectivity index is 2.10. The molecule has 2 N–H and O–H groups in total. The van der Waals surface area contributed by atoms with E-state index < -0.39 is 5.97 Å². The molecule has 5 heteroatoms.